The smallest absolute Gasteiger partial charge is 0.269 e. The van der Waals surface area contributed by atoms with Crippen LogP contribution in [0, 0.1) is 5.92 Å². The van der Waals surface area contributed by atoms with Crippen molar-refractivity contribution in [3.8, 4) is 0 Å². The molecule has 1 aromatic heterocycles. The average Bonchev–Trinajstić information content (AvgIpc) is 3.21. The van der Waals surface area contributed by atoms with Gasteiger partial charge in [0.2, 0.25) is 15.9 Å². The molecule has 2 aliphatic heterocycles. The number of piperidine rings is 1. The van der Waals surface area contributed by atoms with Crippen LogP contribution in [0.4, 0.5) is 0 Å². The molecule has 0 radical (unpaired) electrons. The van der Waals surface area contributed by atoms with Gasteiger partial charge in [0, 0.05) is 57.1 Å². The van der Waals surface area contributed by atoms with Crippen molar-refractivity contribution in [1.82, 2.24) is 19.1 Å². The molecule has 8 nitrogen and oxygen atoms in total. The number of nitrogens with zero attached hydrogens (tertiary/aromatic N) is 3. The Bertz CT molecular complexity index is 1170. The molecular weight excluding hydrogens is 428 g/mol. The second-order valence-corrected chi connectivity index (χ2v) is 10.9. The average molecular weight is 459 g/mol. The summed E-state index contributed by atoms with van der Waals surface area (Å²) >= 11 is 0. The molecule has 1 aromatic carbocycles. The molecule has 2 amide bonds. The Kier molecular flexibility index (Phi) is 6.13. The lowest BCUT2D eigenvalue weighted by Gasteiger charge is -2.35. The largest absolute Gasteiger partial charge is 0.351 e. The van der Waals surface area contributed by atoms with Crippen LogP contribution in [0.25, 0.3) is 16.5 Å². The third-order valence-corrected chi connectivity index (χ3v) is 7.67. The maximum absolute atomic E-state index is 13.1. The lowest BCUT2D eigenvalue weighted by atomic mass is 9.94. The number of hydrogen-bond donors (Lipinski definition) is 1. The molecule has 0 bridgehead atoms. The van der Waals surface area contributed by atoms with Crippen LogP contribution < -0.4 is 0 Å². The Morgan fingerprint density at radius 2 is 1.81 bits per heavy atom. The maximum Gasteiger partial charge on any atom is 0.269 e. The van der Waals surface area contributed by atoms with E-state index in [0.717, 1.165) is 28.5 Å². The van der Waals surface area contributed by atoms with E-state index in [1.54, 1.807) is 19.0 Å². The van der Waals surface area contributed by atoms with Crippen LogP contribution in [0.15, 0.2) is 30.3 Å². The van der Waals surface area contributed by atoms with E-state index in [-0.39, 0.29) is 17.7 Å². The third kappa shape index (κ3) is 4.59. The van der Waals surface area contributed by atoms with Crippen molar-refractivity contribution in [3.05, 3.63) is 41.6 Å². The number of carbonyl (C=O) groups is 2. The predicted molar refractivity (Wildman–Crippen MR) is 125 cm³/mol. The number of H-pyrrole nitrogens is 1. The van der Waals surface area contributed by atoms with Crippen molar-refractivity contribution in [2.45, 2.75) is 19.3 Å². The first-order chi connectivity index (χ1) is 15.1. The van der Waals surface area contributed by atoms with Gasteiger partial charge in [0.1, 0.15) is 5.69 Å². The summed E-state index contributed by atoms with van der Waals surface area (Å²) in [6.07, 6.45) is 5.32. The summed E-state index contributed by atoms with van der Waals surface area (Å²) < 4.78 is 24.9. The first-order valence-corrected chi connectivity index (χ1v) is 12.8. The number of benzene rings is 1. The van der Waals surface area contributed by atoms with E-state index in [1.165, 1.54) is 10.6 Å². The predicted octanol–water partition coefficient (Wildman–Crippen LogP) is 2.16. The summed E-state index contributed by atoms with van der Waals surface area (Å²) in [5, 5.41) is 0.973. The molecule has 32 heavy (non-hydrogen) atoms. The van der Waals surface area contributed by atoms with Gasteiger partial charge < -0.3 is 14.8 Å². The van der Waals surface area contributed by atoms with E-state index in [1.807, 2.05) is 29.2 Å². The highest BCUT2D eigenvalue weighted by molar-refractivity contribution is 7.88. The van der Waals surface area contributed by atoms with Gasteiger partial charge in [-0.15, -0.1) is 0 Å². The van der Waals surface area contributed by atoms with Crippen LogP contribution in [0.1, 0.15) is 35.3 Å². The Balaban J connectivity index is 1.46. The lowest BCUT2D eigenvalue weighted by molar-refractivity contribution is -0.136. The van der Waals surface area contributed by atoms with Crippen molar-refractivity contribution in [2.24, 2.45) is 5.92 Å². The number of aromatic nitrogens is 1. The van der Waals surface area contributed by atoms with Crippen molar-refractivity contribution in [3.63, 3.8) is 0 Å². The summed E-state index contributed by atoms with van der Waals surface area (Å²) in [6, 6.07) is 7.92. The molecule has 2 aromatic rings. The molecule has 1 fully saturated rings. The molecule has 4 rings (SSSR count). The zero-order chi connectivity index (χ0) is 23.0. The molecule has 9 heteroatoms. The number of aromatic amines is 1. The van der Waals surface area contributed by atoms with Crippen molar-refractivity contribution >= 4 is 38.3 Å². The summed E-state index contributed by atoms with van der Waals surface area (Å²) in [5.41, 5.74) is 3.57. The van der Waals surface area contributed by atoms with Gasteiger partial charge in [-0.3, -0.25) is 9.59 Å². The number of carbonyl (C=O) groups excluding carboxylic acids is 2. The maximum atomic E-state index is 13.1. The van der Waals surface area contributed by atoms with Gasteiger partial charge in [-0.25, -0.2) is 12.7 Å². The Morgan fingerprint density at radius 1 is 1.09 bits per heavy atom. The fourth-order valence-electron chi connectivity index (χ4n) is 4.52. The standard InChI is InChI=1S/C23H30N4O4S/c1-25(2)23(29)21-14-18-7-6-17(13-20(18)24-21)19-5-4-10-26(15-19)22(28)16-8-11-27(12-9-16)32(3,30)31/h5-7,13-14,16,24H,4,8-12,15H2,1-3H3. The van der Waals surface area contributed by atoms with Crippen LogP contribution in [-0.4, -0.2) is 85.9 Å². The van der Waals surface area contributed by atoms with Crippen LogP contribution in [0.2, 0.25) is 0 Å². The first-order valence-electron chi connectivity index (χ1n) is 10.9. The molecule has 0 aliphatic carbocycles. The second kappa shape index (κ2) is 8.71. The fraction of sp³-hybridized carbons (Fsp3) is 0.478. The lowest BCUT2D eigenvalue weighted by Crippen LogP contribution is -2.45. The number of rotatable bonds is 4. The normalized spacial score (nSPS) is 18.6. The minimum absolute atomic E-state index is 0.0710. The summed E-state index contributed by atoms with van der Waals surface area (Å²) in [5.74, 6) is -0.0836. The van der Waals surface area contributed by atoms with Gasteiger partial charge in [0.15, 0.2) is 0 Å². The zero-order valence-corrected chi connectivity index (χ0v) is 19.6. The topological polar surface area (TPSA) is 93.8 Å². The quantitative estimate of drug-likeness (QED) is 0.760. The zero-order valence-electron chi connectivity index (χ0n) is 18.8. The van der Waals surface area contributed by atoms with Crippen LogP contribution in [-0.2, 0) is 14.8 Å². The van der Waals surface area contributed by atoms with Crippen LogP contribution >= 0.6 is 0 Å². The van der Waals surface area contributed by atoms with Crippen molar-refractivity contribution in [2.75, 3.05) is 46.5 Å². The summed E-state index contributed by atoms with van der Waals surface area (Å²) in [7, 11) is 0.251. The molecule has 0 unspecified atom stereocenters. The Hall–Kier alpha value is -2.65. The highest BCUT2D eigenvalue weighted by Gasteiger charge is 2.32. The molecule has 2 aliphatic rings. The first kappa shape index (κ1) is 22.5. The van der Waals surface area contributed by atoms with Gasteiger partial charge >= 0.3 is 0 Å². The van der Waals surface area contributed by atoms with E-state index in [2.05, 4.69) is 11.1 Å². The van der Waals surface area contributed by atoms with Crippen molar-refractivity contribution in [1.29, 1.82) is 0 Å². The number of amides is 2. The molecule has 0 spiro atoms. The monoisotopic (exact) mass is 458 g/mol. The molecule has 172 valence electrons. The van der Waals surface area contributed by atoms with Gasteiger partial charge in [0.05, 0.1) is 6.26 Å². The molecule has 0 saturated carbocycles. The van der Waals surface area contributed by atoms with Gasteiger partial charge in [0.25, 0.3) is 5.91 Å². The summed E-state index contributed by atoms with van der Waals surface area (Å²) in [4.78, 5) is 32.0. The Labute approximate surface area is 188 Å². The van der Waals surface area contributed by atoms with Gasteiger partial charge in [-0.1, -0.05) is 18.2 Å². The highest BCUT2D eigenvalue weighted by Crippen LogP contribution is 2.28. The number of fused-ring (bicyclic) bond motifs is 1. The van der Waals surface area contributed by atoms with Gasteiger partial charge in [-0.2, -0.15) is 0 Å². The number of hydrogen-bond acceptors (Lipinski definition) is 4. The molecule has 1 saturated heterocycles. The number of sulfonamides is 1. The molecule has 3 heterocycles. The van der Waals surface area contributed by atoms with E-state index in [0.29, 0.717) is 44.7 Å². The Morgan fingerprint density at radius 3 is 2.47 bits per heavy atom. The minimum atomic E-state index is -3.20. The molecular formula is C23H30N4O4S. The number of nitrogens with one attached hydrogen (secondary N) is 1. The van der Waals surface area contributed by atoms with E-state index >= 15 is 0 Å². The van der Waals surface area contributed by atoms with Gasteiger partial charge in [-0.05, 0) is 42.5 Å². The van der Waals surface area contributed by atoms with Crippen LogP contribution in [0.5, 0.6) is 0 Å². The van der Waals surface area contributed by atoms with E-state index < -0.39 is 10.0 Å². The highest BCUT2D eigenvalue weighted by atomic mass is 32.2. The second-order valence-electron chi connectivity index (χ2n) is 8.90. The van der Waals surface area contributed by atoms with Crippen LogP contribution in [0.3, 0.4) is 0 Å². The van der Waals surface area contributed by atoms with E-state index in [9.17, 15) is 18.0 Å². The van der Waals surface area contributed by atoms with E-state index in [4.69, 9.17) is 0 Å². The SMILES string of the molecule is CN(C)C(=O)c1cc2ccc(C3=CCCN(C(=O)C4CCN(S(C)(=O)=O)CC4)C3)cc2[nH]1. The molecule has 0 atom stereocenters. The summed E-state index contributed by atoms with van der Waals surface area (Å²) in [6.45, 7) is 2.04. The fourth-order valence-corrected chi connectivity index (χ4v) is 5.39. The molecule has 1 N–H and O–H groups in total. The third-order valence-electron chi connectivity index (χ3n) is 6.36. The minimum Gasteiger partial charge on any atom is -0.351 e. The van der Waals surface area contributed by atoms with Crippen molar-refractivity contribution < 1.29 is 18.0 Å².